The van der Waals surface area contributed by atoms with Gasteiger partial charge in [-0.05, 0) is 43.2 Å². The van der Waals surface area contributed by atoms with Crippen LogP contribution in [0.15, 0.2) is 36.5 Å². The summed E-state index contributed by atoms with van der Waals surface area (Å²) >= 11 is 0. The van der Waals surface area contributed by atoms with Crippen LogP contribution in [0.2, 0.25) is 0 Å². The molecule has 17 heavy (non-hydrogen) atoms. The van der Waals surface area contributed by atoms with Crippen molar-refractivity contribution in [1.29, 1.82) is 5.26 Å². The lowest BCUT2D eigenvalue weighted by Gasteiger charge is -2.10. The van der Waals surface area contributed by atoms with Crippen molar-refractivity contribution in [1.82, 2.24) is 4.98 Å². The van der Waals surface area contributed by atoms with E-state index in [2.05, 4.69) is 22.4 Å². The lowest BCUT2D eigenvalue weighted by atomic mass is 10.1. The normalized spacial score (nSPS) is 9.71. The highest BCUT2D eigenvalue weighted by Crippen LogP contribution is 2.22. The molecule has 1 heterocycles. The van der Waals surface area contributed by atoms with Crippen molar-refractivity contribution in [3.63, 3.8) is 0 Å². The number of anilines is 2. The largest absolute Gasteiger partial charge is 0.339 e. The maximum Gasteiger partial charge on any atom is 0.148 e. The van der Waals surface area contributed by atoms with Gasteiger partial charge in [-0.25, -0.2) is 4.98 Å². The molecule has 0 unspecified atom stereocenters. The number of hydrogen-bond donors (Lipinski definition) is 1. The lowest BCUT2D eigenvalue weighted by molar-refractivity contribution is 1.27. The third kappa shape index (κ3) is 2.43. The van der Waals surface area contributed by atoms with E-state index in [9.17, 15) is 0 Å². The maximum absolute atomic E-state index is 8.99. The first-order valence-electron chi connectivity index (χ1n) is 5.40. The highest BCUT2D eigenvalue weighted by atomic mass is 15.0. The third-order valence-corrected chi connectivity index (χ3v) is 2.57. The molecule has 0 atom stereocenters. The zero-order valence-electron chi connectivity index (χ0n) is 9.86. The van der Waals surface area contributed by atoms with E-state index in [0.29, 0.717) is 11.4 Å². The molecule has 1 aromatic heterocycles. The predicted molar refractivity (Wildman–Crippen MR) is 68.2 cm³/mol. The van der Waals surface area contributed by atoms with Crippen LogP contribution >= 0.6 is 0 Å². The molecule has 0 bridgehead atoms. The molecule has 3 nitrogen and oxygen atoms in total. The van der Waals surface area contributed by atoms with Gasteiger partial charge in [0.25, 0.3) is 0 Å². The van der Waals surface area contributed by atoms with Crippen molar-refractivity contribution < 1.29 is 0 Å². The molecule has 84 valence electrons. The zero-order chi connectivity index (χ0) is 12.3. The molecule has 2 aromatic rings. The van der Waals surface area contributed by atoms with Gasteiger partial charge in [0.15, 0.2) is 0 Å². The number of nitriles is 1. The van der Waals surface area contributed by atoms with Crippen molar-refractivity contribution in [2.75, 3.05) is 5.32 Å². The minimum Gasteiger partial charge on any atom is -0.339 e. The smallest absolute Gasteiger partial charge is 0.148 e. The number of hydrogen-bond acceptors (Lipinski definition) is 3. The van der Waals surface area contributed by atoms with Crippen LogP contribution in [-0.2, 0) is 0 Å². The summed E-state index contributed by atoms with van der Waals surface area (Å²) in [5, 5.41) is 12.2. The summed E-state index contributed by atoms with van der Waals surface area (Å²) in [5.41, 5.74) is 3.84. The molecule has 0 fully saturated rings. The van der Waals surface area contributed by atoms with Gasteiger partial charge >= 0.3 is 0 Å². The number of aryl methyl sites for hydroxylation is 2. The Balaban J connectivity index is 2.38. The molecule has 1 aromatic carbocycles. The van der Waals surface area contributed by atoms with Crippen molar-refractivity contribution in [2.45, 2.75) is 13.8 Å². The second-order valence-corrected chi connectivity index (χ2v) is 3.95. The fourth-order valence-corrected chi connectivity index (χ4v) is 1.59. The Morgan fingerprint density at radius 1 is 1.24 bits per heavy atom. The van der Waals surface area contributed by atoms with Gasteiger partial charge in [0.2, 0.25) is 0 Å². The van der Waals surface area contributed by atoms with Crippen LogP contribution in [0.1, 0.15) is 16.7 Å². The first-order chi connectivity index (χ1) is 8.20. The summed E-state index contributed by atoms with van der Waals surface area (Å²) in [6.07, 6.45) is 1.67. The van der Waals surface area contributed by atoms with Crippen molar-refractivity contribution in [3.8, 4) is 6.07 Å². The summed E-state index contributed by atoms with van der Waals surface area (Å²) in [7, 11) is 0. The quantitative estimate of drug-likeness (QED) is 0.849. The van der Waals surface area contributed by atoms with Crippen LogP contribution in [0.4, 0.5) is 11.5 Å². The van der Waals surface area contributed by atoms with E-state index in [1.54, 1.807) is 18.3 Å². The van der Waals surface area contributed by atoms with Crippen LogP contribution in [0, 0.1) is 25.2 Å². The molecule has 3 heteroatoms. The Kier molecular flexibility index (Phi) is 3.06. The van der Waals surface area contributed by atoms with E-state index >= 15 is 0 Å². The average molecular weight is 223 g/mol. The number of nitrogens with zero attached hydrogens (tertiary/aromatic N) is 2. The van der Waals surface area contributed by atoms with Crippen LogP contribution in [0.25, 0.3) is 0 Å². The van der Waals surface area contributed by atoms with Gasteiger partial charge < -0.3 is 5.32 Å². The first kappa shape index (κ1) is 11.2. The Labute approximate surface area is 101 Å². The van der Waals surface area contributed by atoms with E-state index in [1.165, 1.54) is 5.56 Å². The van der Waals surface area contributed by atoms with Crippen LogP contribution in [0.5, 0.6) is 0 Å². The number of benzene rings is 1. The average Bonchev–Trinajstić information content (AvgIpc) is 2.34. The van der Waals surface area contributed by atoms with E-state index in [4.69, 9.17) is 5.26 Å². The van der Waals surface area contributed by atoms with Gasteiger partial charge in [-0.1, -0.05) is 12.1 Å². The van der Waals surface area contributed by atoms with Gasteiger partial charge in [-0.15, -0.1) is 0 Å². The Bertz CT molecular complexity index is 582. The Morgan fingerprint density at radius 3 is 2.82 bits per heavy atom. The van der Waals surface area contributed by atoms with Crippen molar-refractivity contribution >= 4 is 11.5 Å². The SMILES string of the molecule is Cc1ccc(C)c(Nc2ncccc2C#N)c1. The summed E-state index contributed by atoms with van der Waals surface area (Å²) < 4.78 is 0. The number of aromatic nitrogens is 1. The van der Waals surface area contributed by atoms with Crippen LogP contribution in [0.3, 0.4) is 0 Å². The topological polar surface area (TPSA) is 48.7 Å². The minimum atomic E-state index is 0.549. The van der Waals surface area contributed by atoms with E-state index in [0.717, 1.165) is 11.3 Å². The van der Waals surface area contributed by atoms with Gasteiger partial charge in [0, 0.05) is 11.9 Å². The van der Waals surface area contributed by atoms with Gasteiger partial charge in [0.05, 0.1) is 5.56 Å². The molecule has 0 radical (unpaired) electrons. The molecule has 2 rings (SSSR count). The molecule has 1 N–H and O–H groups in total. The second kappa shape index (κ2) is 4.67. The molecule has 0 spiro atoms. The first-order valence-corrected chi connectivity index (χ1v) is 5.40. The molecule has 0 amide bonds. The summed E-state index contributed by atoms with van der Waals surface area (Å²) in [6, 6.07) is 11.8. The lowest BCUT2D eigenvalue weighted by Crippen LogP contribution is -1.98. The second-order valence-electron chi connectivity index (χ2n) is 3.95. The Hall–Kier alpha value is -2.34. The maximum atomic E-state index is 8.99. The fraction of sp³-hybridized carbons (Fsp3) is 0.143. The van der Waals surface area contributed by atoms with E-state index in [1.807, 2.05) is 26.0 Å². The van der Waals surface area contributed by atoms with Gasteiger partial charge in [0.1, 0.15) is 11.9 Å². The minimum absolute atomic E-state index is 0.549. The molecule has 0 saturated carbocycles. The van der Waals surface area contributed by atoms with Crippen molar-refractivity contribution in [2.24, 2.45) is 0 Å². The van der Waals surface area contributed by atoms with Crippen LogP contribution < -0.4 is 5.32 Å². The molecule has 0 aliphatic rings. The van der Waals surface area contributed by atoms with Gasteiger partial charge in [-0.2, -0.15) is 5.26 Å². The number of nitrogens with one attached hydrogen (secondary N) is 1. The van der Waals surface area contributed by atoms with E-state index in [-0.39, 0.29) is 0 Å². The summed E-state index contributed by atoms with van der Waals surface area (Å²) in [5.74, 6) is 0.601. The monoisotopic (exact) mass is 223 g/mol. The molecular weight excluding hydrogens is 210 g/mol. The van der Waals surface area contributed by atoms with E-state index < -0.39 is 0 Å². The summed E-state index contributed by atoms with van der Waals surface area (Å²) in [6.45, 7) is 4.06. The number of rotatable bonds is 2. The molecule has 0 aliphatic carbocycles. The standard InChI is InChI=1S/C14H13N3/c1-10-5-6-11(2)13(8-10)17-14-12(9-15)4-3-7-16-14/h3-8H,1-2H3,(H,16,17). The van der Waals surface area contributed by atoms with Crippen LogP contribution in [-0.4, -0.2) is 4.98 Å². The zero-order valence-corrected chi connectivity index (χ0v) is 9.86. The van der Waals surface area contributed by atoms with Gasteiger partial charge in [-0.3, -0.25) is 0 Å². The fourth-order valence-electron chi connectivity index (χ4n) is 1.59. The molecule has 0 aliphatic heterocycles. The third-order valence-electron chi connectivity index (χ3n) is 2.57. The highest BCUT2D eigenvalue weighted by molar-refractivity contribution is 5.65. The number of pyridine rings is 1. The Morgan fingerprint density at radius 2 is 2.06 bits per heavy atom. The predicted octanol–water partition coefficient (Wildman–Crippen LogP) is 3.31. The van der Waals surface area contributed by atoms with Crippen molar-refractivity contribution in [3.05, 3.63) is 53.2 Å². The highest BCUT2D eigenvalue weighted by Gasteiger charge is 2.04. The molecule has 0 saturated heterocycles. The molecular formula is C14H13N3. The summed E-state index contributed by atoms with van der Waals surface area (Å²) in [4.78, 5) is 4.18.